The van der Waals surface area contributed by atoms with E-state index < -0.39 is 5.97 Å². The van der Waals surface area contributed by atoms with Crippen LogP contribution in [0.2, 0.25) is 5.02 Å². The fourth-order valence-electron chi connectivity index (χ4n) is 2.18. The molecular formula is C18H12ClNO4S2. The summed E-state index contributed by atoms with van der Waals surface area (Å²) in [5, 5.41) is 2.82. The molecule has 8 heteroatoms. The molecule has 2 heterocycles. The van der Waals surface area contributed by atoms with E-state index in [4.69, 9.17) is 33.0 Å². The molecule has 0 saturated carbocycles. The zero-order chi connectivity index (χ0) is 18.7. The smallest absolute Gasteiger partial charge is 0.339 e. The molecular weight excluding hydrogens is 394 g/mol. The van der Waals surface area contributed by atoms with Crippen molar-refractivity contribution in [3.63, 3.8) is 0 Å². The molecule has 0 aliphatic carbocycles. The number of furan rings is 1. The molecule has 1 saturated heterocycles. The van der Waals surface area contributed by atoms with Gasteiger partial charge in [-0.2, -0.15) is 0 Å². The van der Waals surface area contributed by atoms with Crippen LogP contribution in [0, 0.1) is 0 Å². The van der Waals surface area contributed by atoms with Crippen LogP contribution < -0.4 is 5.32 Å². The minimum atomic E-state index is -0.543. The summed E-state index contributed by atoms with van der Waals surface area (Å²) in [7, 11) is 0. The van der Waals surface area contributed by atoms with E-state index in [1.54, 1.807) is 36.4 Å². The summed E-state index contributed by atoms with van der Waals surface area (Å²) in [5.74, 6) is 0.222. The number of thiocarbonyl (C=S) groups is 1. The van der Waals surface area contributed by atoms with Crippen LogP contribution in [0.3, 0.4) is 0 Å². The Bertz CT molecular complexity index is 948. The Morgan fingerprint density at radius 2 is 2.19 bits per heavy atom. The van der Waals surface area contributed by atoms with Gasteiger partial charge in [0.2, 0.25) is 0 Å². The molecule has 0 atom stereocenters. The summed E-state index contributed by atoms with van der Waals surface area (Å²) in [6, 6.07) is 8.39. The lowest BCUT2D eigenvalue weighted by Gasteiger charge is -2.06. The molecule has 0 spiro atoms. The molecule has 0 bridgehead atoms. The Morgan fingerprint density at radius 1 is 1.38 bits per heavy atom. The van der Waals surface area contributed by atoms with Gasteiger partial charge in [0.05, 0.1) is 15.5 Å². The lowest BCUT2D eigenvalue weighted by molar-refractivity contribution is -0.115. The fraction of sp³-hybridized carbons (Fsp3) is 0.0556. The van der Waals surface area contributed by atoms with Crippen LogP contribution in [0.25, 0.3) is 17.4 Å². The monoisotopic (exact) mass is 405 g/mol. The van der Waals surface area contributed by atoms with Crippen LogP contribution in [0.1, 0.15) is 16.1 Å². The van der Waals surface area contributed by atoms with E-state index in [1.807, 2.05) is 0 Å². The number of benzene rings is 1. The highest BCUT2D eigenvalue weighted by molar-refractivity contribution is 8.26. The molecule has 2 aromatic rings. The molecule has 1 fully saturated rings. The van der Waals surface area contributed by atoms with E-state index in [0.717, 1.165) is 0 Å². The zero-order valence-corrected chi connectivity index (χ0v) is 15.7. The lowest BCUT2D eigenvalue weighted by atomic mass is 10.1. The van der Waals surface area contributed by atoms with Gasteiger partial charge in [-0.05, 0) is 30.3 Å². The average Bonchev–Trinajstić information content (AvgIpc) is 3.20. The van der Waals surface area contributed by atoms with Crippen molar-refractivity contribution in [3.05, 3.63) is 64.2 Å². The second-order valence-electron chi connectivity index (χ2n) is 5.14. The molecule has 1 aliphatic rings. The molecule has 1 aromatic heterocycles. The highest BCUT2D eigenvalue weighted by Gasteiger charge is 2.22. The number of hydrogen-bond acceptors (Lipinski definition) is 6. The lowest BCUT2D eigenvalue weighted by Crippen LogP contribution is -2.17. The third kappa shape index (κ3) is 4.07. The Morgan fingerprint density at radius 3 is 2.88 bits per heavy atom. The normalized spacial score (nSPS) is 15.2. The summed E-state index contributed by atoms with van der Waals surface area (Å²) >= 11 is 12.2. The minimum absolute atomic E-state index is 0.0967. The van der Waals surface area contributed by atoms with Crippen molar-refractivity contribution in [1.29, 1.82) is 0 Å². The molecule has 132 valence electrons. The summed E-state index contributed by atoms with van der Waals surface area (Å²) in [4.78, 5) is 24.2. The van der Waals surface area contributed by atoms with Gasteiger partial charge in [0, 0.05) is 11.6 Å². The maximum atomic E-state index is 12.1. The van der Waals surface area contributed by atoms with Gasteiger partial charge < -0.3 is 14.5 Å². The van der Waals surface area contributed by atoms with Crippen LogP contribution in [0.5, 0.6) is 0 Å². The first-order valence-corrected chi connectivity index (χ1v) is 9.01. The van der Waals surface area contributed by atoms with E-state index in [-0.39, 0.29) is 23.1 Å². The largest absolute Gasteiger partial charge is 0.458 e. The first-order valence-electron chi connectivity index (χ1n) is 7.40. The van der Waals surface area contributed by atoms with Crippen molar-refractivity contribution in [3.8, 4) is 11.3 Å². The molecule has 1 amide bonds. The average molecular weight is 406 g/mol. The molecule has 0 unspecified atom stereocenters. The SMILES string of the molecule is C=CCOC(=O)c1cc(-c2ccc(C=C3SC(=S)NC3=O)o2)ccc1Cl. The van der Waals surface area contributed by atoms with Crippen molar-refractivity contribution in [2.24, 2.45) is 0 Å². The van der Waals surface area contributed by atoms with E-state index in [0.29, 0.717) is 26.3 Å². The number of thioether (sulfide) groups is 1. The van der Waals surface area contributed by atoms with E-state index in [9.17, 15) is 9.59 Å². The number of halogens is 1. The van der Waals surface area contributed by atoms with Crippen LogP contribution in [0.4, 0.5) is 0 Å². The number of ether oxygens (including phenoxy) is 1. The molecule has 5 nitrogen and oxygen atoms in total. The maximum absolute atomic E-state index is 12.1. The quantitative estimate of drug-likeness (QED) is 0.343. The number of nitrogens with one attached hydrogen (secondary N) is 1. The molecule has 3 rings (SSSR count). The first kappa shape index (κ1) is 18.4. The van der Waals surface area contributed by atoms with Gasteiger partial charge in [0.25, 0.3) is 5.91 Å². The maximum Gasteiger partial charge on any atom is 0.339 e. The van der Waals surface area contributed by atoms with Crippen molar-refractivity contribution in [1.82, 2.24) is 5.32 Å². The number of carbonyl (C=O) groups excluding carboxylic acids is 2. The van der Waals surface area contributed by atoms with Crippen LogP contribution in [-0.4, -0.2) is 22.8 Å². The highest BCUT2D eigenvalue weighted by Crippen LogP contribution is 2.30. The first-order chi connectivity index (χ1) is 12.5. The molecule has 1 aliphatic heterocycles. The van der Waals surface area contributed by atoms with Crippen molar-refractivity contribution < 1.29 is 18.7 Å². The number of carbonyl (C=O) groups is 2. The Balaban J connectivity index is 1.86. The molecule has 1 N–H and O–H groups in total. The number of esters is 1. The van der Waals surface area contributed by atoms with Crippen LogP contribution >= 0.6 is 35.6 Å². The number of amides is 1. The van der Waals surface area contributed by atoms with Crippen molar-refractivity contribution in [2.45, 2.75) is 0 Å². The Kier molecular flexibility index (Phi) is 5.61. The van der Waals surface area contributed by atoms with E-state index >= 15 is 0 Å². The van der Waals surface area contributed by atoms with E-state index in [2.05, 4.69) is 11.9 Å². The second kappa shape index (κ2) is 7.90. The van der Waals surface area contributed by atoms with Gasteiger partial charge >= 0.3 is 5.97 Å². The van der Waals surface area contributed by atoms with Gasteiger partial charge in [0.15, 0.2) is 0 Å². The topological polar surface area (TPSA) is 68.5 Å². The van der Waals surface area contributed by atoms with Gasteiger partial charge in [0.1, 0.15) is 22.4 Å². The third-order valence-corrected chi connectivity index (χ3v) is 4.84. The minimum Gasteiger partial charge on any atom is -0.458 e. The Hall–Kier alpha value is -2.35. The Labute approximate surface area is 164 Å². The second-order valence-corrected chi connectivity index (χ2v) is 7.26. The van der Waals surface area contributed by atoms with Crippen LogP contribution in [0.15, 0.2) is 52.3 Å². The standard InChI is InChI=1S/C18H12ClNO4S2/c1-2-7-23-17(22)12-8-10(3-5-13(12)19)14-6-4-11(24-14)9-15-16(21)20-18(25)26-15/h2-6,8-9H,1,7H2,(H,20,21,25). The fourth-order valence-corrected chi connectivity index (χ4v) is 3.40. The number of rotatable bonds is 5. The van der Waals surface area contributed by atoms with Gasteiger partial charge in [-0.1, -0.05) is 48.2 Å². The summed E-state index contributed by atoms with van der Waals surface area (Å²) in [5.41, 5.74) is 0.891. The van der Waals surface area contributed by atoms with Gasteiger partial charge in [-0.25, -0.2) is 4.79 Å². The predicted molar refractivity (Wildman–Crippen MR) is 106 cm³/mol. The van der Waals surface area contributed by atoms with Crippen LogP contribution in [-0.2, 0) is 9.53 Å². The van der Waals surface area contributed by atoms with Gasteiger partial charge in [-0.15, -0.1) is 0 Å². The number of hydrogen-bond donors (Lipinski definition) is 1. The molecule has 1 aromatic carbocycles. The highest BCUT2D eigenvalue weighted by atomic mass is 35.5. The van der Waals surface area contributed by atoms with Gasteiger partial charge in [-0.3, -0.25) is 4.79 Å². The summed E-state index contributed by atoms with van der Waals surface area (Å²) < 4.78 is 11.2. The zero-order valence-electron chi connectivity index (χ0n) is 13.3. The predicted octanol–water partition coefficient (Wildman–Crippen LogP) is 4.43. The molecule has 26 heavy (non-hydrogen) atoms. The van der Waals surface area contributed by atoms with Crippen molar-refractivity contribution in [2.75, 3.05) is 6.61 Å². The third-order valence-electron chi connectivity index (χ3n) is 3.35. The van der Waals surface area contributed by atoms with E-state index in [1.165, 1.54) is 17.8 Å². The summed E-state index contributed by atoms with van der Waals surface area (Å²) in [6.45, 7) is 3.60. The molecule has 0 radical (unpaired) electrons. The van der Waals surface area contributed by atoms with Crippen molar-refractivity contribution >= 4 is 57.9 Å². The summed E-state index contributed by atoms with van der Waals surface area (Å²) in [6.07, 6.45) is 3.09.